The molecule has 2 rings (SSSR count). The van der Waals surface area contributed by atoms with Crippen LogP contribution in [-0.2, 0) is 12.7 Å². The smallest absolute Gasteiger partial charge is 0.395 e. The fourth-order valence-electron chi connectivity index (χ4n) is 1.77. The molecule has 0 radical (unpaired) electrons. The number of carbonyl (C=O) groups excluding carboxylic acids is 1. The molecule has 6 nitrogen and oxygen atoms in total. The summed E-state index contributed by atoms with van der Waals surface area (Å²) in [5.74, 6) is -0.510. The van der Waals surface area contributed by atoms with Gasteiger partial charge in [-0.3, -0.25) is 4.79 Å². The van der Waals surface area contributed by atoms with E-state index >= 15 is 0 Å². The number of halogens is 3. The van der Waals surface area contributed by atoms with Crippen molar-refractivity contribution in [1.29, 1.82) is 0 Å². The van der Waals surface area contributed by atoms with Crippen LogP contribution in [0.1, 0.15) is 21.6 Å². The quantitative estimate of drug-likeness (QED) is 0.865. The molecule has 0 aliphatic rings. The highest BCUT2D eigenvalue weighted by Crippen LogP contribution is 2.29. The first-order valence-electron chi connectivity index (χ1n) is 6.35. The van der Waals surface area contributed by atoms with E-state index in [0.717, 1.165) is 12.1 Å². The van der Waals surface area contributed by atoms with E-state index in [1.165, 1.54) is 23.0 Å². The van der Waals surface area contributed by atoms with Crippen LogP contribution in [0.2, 0.25) is 0 Å². The Labute approximate surface area is 123 Å². The number of nitrogens with zero attached hydrogens (tertiary/aromatic N) is 3. The third-order valence-electron chi connectivity index (χ3n) is 2.77. The van der Waals surface area contributed by atoms with Crippen LogP contribution in [0.4, 0.5) is 13.2 Å². The summed E-state index contributed by atoms with van der Waals surface area (Å²) in [4.78, 5) is 11.6. The lowest BCUT2D eigenvalue weighted by molar-refractivity contribution is -0.137. The van der Waals surface area contributed by atoms with E-state index in [9.17, 15) is 18.0 Å². The molecule has 0 unspecified atom stereocenters. The van der Waals surface area contributed by atoms with E-state index in [1.807, 2.05) is 0 Å². The Kier molecular flexibility index (Phi) is 4.76. The Bertz CT molecular complexity index is 655. The molecular weight excluding hydrogens is 301 g/mol. The van der Waals surface area contributed by atoms with E-state index < -0.39 is 17.6 Å². The number of hydrogen-bond acceptors (Lipinski definition) is 4. The van der Waals surface area contributed by atoms with Gasteiger partial charge in [0.15, 0.2) is 5.69 Å². The fourth-order valence-corrected chi connectivity index (χ4v) is 1.77. The Morgan fingerprint density at radius 3 is 2.82 bits per heavy atom. The third-order valence-corrected chi connectivity index (χ3v) is 2.77. The second-order valence-electron chi connectivity index (χ2n) is 4.48. The van der Waals surface area contributed by atoms with Gasteiger partial charge in [-0.15, -0.1) is 5.10 Å². The Morgan fingerprint density at radius 1 is 1.36 bits per heavy atom. The van der Waals surface area contributed by atoms with Crippen molar-refractivity contribution in [2.75, 3.05) is 13.2 Å². The number of rotatable bonds is 5. The molecule has 0 spiro atoms. The van der Waals surface area contributed by atoms with Gasteiger partial charge >= 0.3 is 6.18 Å². The maximum absolute atomic E-state index is 12.6. The number of nitrogens with one attached hydrogen (secondary N) is 1. The molecular formula is C13H13F3N4O2. The first-order valence-corrected chi connectivity index (χ1v) is 6.35. The van der Waals surface area contributed by atoms with E-state index in [2.05, 4.69) is 15.6 Å². The van der Waals surface area contributed by atoms with Crippen molar-refractivity contribution in [2.45, 2.75) is 12.7 Å². The van der Waals surface area contributed by atoms with E-state index in [1.54, 1.807) is 0 Å². The molecule has 1 aromatic heterocycles. The number of aromatic nitrogens is 3. The first-order chi connectivity index (χ1) is 10.4. The molecule has 0 aliphatic carbocycles. The molecule has 0 aliphatic heterocycles. The Balaban J connectivity index is 2.09. The maximum atomic E-state index is 12.6. The molecule has 2 aromatic rings. The van der Waals surface area contributed by atoms with Gasteiger partial charge in [-0.2, -0.15) is 13.2 Å². The van der Waals surface area contributed by atoms with Gasteiger partial charge in [0.1, 0.15) is 0 Å². The van der Waals surface area contributed by atoms with Crippen molar-refractivity contribution in [2.24, 2.45) is 0 Å². The summed E-state index contributed by atoms with van der Waals surface area (Å²) in [7, 11) is 0. The van der Waals surface area contributed by atoms with Crippen LogP contribution in [-0.4, -0.2) is 39.2 Å². The van der Waals surface area contributed by atoms with Gasteiger partial charge < -0.3 is 10.4 Å². The molecule has 1 heterocycles. The highest BCUT2D eigenvalue weighted by Gasteiger charge is 2.30. The van der Waals surface area contributed by atoms with Crippen LogP contribution >= 0.6 is 0 Å². The van der Waals surface area contributed by atoms with Gasteiger partial charge in [-0.05, 0) is 17.7 Å². The summed E-state index contributed by atoms with van der Waals surface area (Å²) in [5.41, 5.74) is -0.325. The summed E-state index contributed by atoms with van der Waals surface area (Å²) in [6, 6.07) is 4.85. The van der Waals surface area contributed by atoms with Gasteiger partial charge in [0.05, 0.1) is 24.9 Å². The monoisotopic (exact) mass is 314 g/mol. The average molecular weight is 314 g/mol. The standard InChI is InChI=1S/C13H13F3N4O2/c14-13(15,16)10-3-1-2-9(6-10)7-20-8-11(18-19-20)12(22)17-4-5-21/h1-3,6,8,21H,4-5,7H2,(H,17,22). The molecule has 0 saturated carbocycles. The number of amides is 1. The van der Waals surface area contributed by atoms with Crippen molar-refractivity contribution in [1.82, 2.24) is 20.3 Å². The van der Waals surface area contributed by atoms with Gasteiger partial charge in [-0.25, -0.2) is 4.68 Å². The zero-order chi connectivity index (χ0) is 16.2. The Hall–Kier alpha value is -2.42. The van der Waals surface area contributed by atoms with Crippen LogP contribution < -0.4 is 5.32 Å². The predicted molar refractivity (Wildman–Crippen MR) is 70.0 cm³/mol. The number of carbonyl (C=O) groups is 1. The molecule has 1 aromatic carbocycles. The number of hydrogen-bond donors (Lipinski definition) is 2. The lowest BCUT2D eigenvalue weighted by Gasteiger charge is -2.08. The average Bonchev–Trinajstić information content (AvgIpc) is 2.92. The molecule has 118 valence electrons. The van der Waals surface area contributed by atoms with Crippen LogP contribution in [0.3, 0.4) is 0 Å². The minimum absolute atomic E-state index is 0.0282. The second-order valence-corrected chi connectivity index (χ2v) is 4.48. The number of aliphatic hydroxyl groups excluding tert-OH is 1. The minimum Gasteiger partial charge on any atom is -0.395 e. The highest BCUT2D eigenvalue weighted by atomic mass is 19.4. The van der Waals surface area contributed by atoms with Crippen molar-refractivity contribution in [3.8, 4) is 0 Å². The first kappa shape index (κ1) is 16.0. The lowest BCUT2D eigenvalue weighted by atomic mass is 10.1. The molecule has 0 bridgehead atoms. The fraction of sp³-hybridized carbons (Fsp3) is 0.308. The van der Waals surface area contributed by atoms with Crippen LogP contribution in [0, 0.1) is 0 Å². The van der Waals surface area contributed by atoms with E-state index in [0.29, 0.717) is 5.56 Å². The molecule has 0 fully saturated rings. The van der Waals surface area contributed by atoms with Gasteiger partial charge in [0.2, 0.25) is 0 Å². The molecule has 1 amide bonds. The van der Waals surface area contributed by atoms with Crippen molar-refractivity contribution < 1.29 is 23.1 Å². The second kappa shape index (κ2) is 6.56. The van der Waals surface area contributed by atoms with Gasteiger partial charge in [0, 0.05) is 6.54 Å². The SMILES string of the molecule is O=C(NCCO)c1cn(Cc2cccc(C(F)(F)F)c2)nn1. The summed E-state index contributed by atoms with van der Waals surface area (Å²) in [6.45, 7) is -0.0619. The normalized spacial score (nSPS) is 11.5. The van der Waals surface area contributed by atoms with E-state index in [4.69, 9.17) is 5.11 Å². The van der Waals surface area contributed by atoms with Crippen LogP contribution in [0.25, 0.3) is 0 Å². The Morgan fingerprint density at radius 2 is 2.14 bits per heavy atom. The number of alkyl halides is 3. The zero-order valence-electron chi connectivity index (χ0n) is 11.3. The predicted octanol–water partition coefficient (Wildman–Crippen LogP) is 1.07. The van der Waals surface area contributed by atoms with Crippen molar-refractivity contribution in [3.05, 3.63) is 47.3 Å². The number of aliphatic hydroxyl groups is 1. The largest absolute Gasteiger partial charge is 0.416 e. The number of benzene rings is 1. The molecule has 9 heteroatoms. The molecule has 22 heavy (non-hydrogen) atoms. The topological polar surface area (TPSA) is 80.0 Å². The summed E-state index contributed by atoms with van der Waals surface area (Å²) in [5, 5.41) is 18.3. The van der Waals surface area contributed by atoms with Crippen molar-refractivity contribution >= 4 is 5.91 Å². The summed E-state index contributed by atoms with van der Waals surface area (Å²) in [6.07, 6.45) is -3.08. The molecule has 0 atom stereocenters. The van der Waals surface area contributed by atoms with Crippen LogP contribution in [0.5, 0.6) is 0 Å². The van der Waals surface area contributed by atoms with Gasteiger partial charge in [-0.1, -0.05) is 17.3 Å². The van der Waals surface area contributed by atoms with E-state index in [-0.39, 0.29) is 25.4 Å². The summed E-state index contributed by atoms with van der Waals surface area (Å²) < 4.78 is 39.1. The molecule has 0 saturated heterocycles. The summed E-state index contributed by atoms with van der Waals surface area (Å²) >= 11 is 0. The zero-order valence-corrected chi connectivity index (χ0v) is 11.3. The lowest BCUT2D eigenvalue weighted by Crippen LogP contribution is -2.26. The van der Waals surface area contributed by atoms with Crippen LogP contribution in [0.15, 0.2) is 30.5 Å². The van der Waals surface area contributed by atoms with Crippen molar-refractivity contribution in [3.63, 3.8) is 0 Å². The molecule has 2 N–H and O–H groups in total. The third kappa shape index (κ3) is 4.04. The van der Waals surface area contributed by atoms with Gasteiger partial charge in [0.25, 0.3) is 5.91 Å². The highest BCUT2D eigenvalue weighted by molar-refractivity contribution is 5.91. The minimum atomic E-state index is -4.41. The maximum Gasteiger partial charge on any atom is 0.416 e.